The van der Waals surface area contributed by atoms with Crippen LogP contribution in [0.25, 0.3) is 17.1 Å². The second-order valence-electron chi connectivity index (χ2n) is 6.00. The van der Waals surface area contributed by atoms with Crippen LogP contribution in [0, 0.1) is 0 Å². The number of halogens is 1. The molecule has 0 bridgehead atoms. The van der Waals surface area contributed by atoms with E-state index in [-0.39, 0.29) is 6.17 Å². The molecule has 0 saturated carbocycles. The highest BCUT2D eigenvalue weighted by Crippen LogP contribution is 2.37. The number of aliphatic imine (C=N–C) groups is 1. The fourth-order valence-electron chi connectivity index (χ4n) is 3.28. The number of aromatic nitrogens is 2. The van der Waals surface area contributed by atoms with E-state index >= 15 is 0 Å². The molecule has 1 aromatic heterocycles. The first-order chi connectivity index (χ1) is 12.2. The van der Waals surface area contributed by atoms with Crippen molar-refractivity contribution < 1.29 is 4.74 Å². The molecule has 0 amide bonds. The van der Waals surface area contributed by atoms with Crippen LogP contribution in [0.5, 0.6) is 5.75 Å². The van der Waals surface area contributed by atoms with Crippen LogP contribution in [0.4, 0.5) is 5.95 Å². The maximum Gasteiger partial charge on any atom is 0.212 e. The van der Waals surface area contributed by atoms with Crippen LogP contribution >= 0.6 is 11.6 Å². The highest BCUT2D eigenvalue weighted by atomic mass is 35.5. The molecule has 5 rings (SSSR count). The van der Waals surface area contributed by atoms with Gasteiger partial charge in [-0.25, -0.2) is 9.98 Å². The van der Waals surface area contributed by atoms with Crippen molar-refractivity contribution >= 4 is 40.6 Å². The number of ether oxygens (including phenoxy) is 1. The van der Waals surface area contributed by atoms with Crippen molar-refractivity contribution in [2.45, 2.75) is 6.17 Å². The SMILES string of the molecule is NC1=N[C@H](C2=Cc3cc(Cl)ccc3OC2)n2c(nc3ccccc32)N1. The highest BCUT2D eigenvalue weighted by molar-refractivity contribution is 6.30. The van der Waals surface area contributed by atoms with Gasteiger partial charge in [-0.05, 0) is 36.4 Å². The summed E-state index contributed by atoms with van der Waals surface area (Å²) in [5.74, 6) is 1.83. The largest absolute Gasteiger partial charge is 0.488 e. The predicted molar refractivity (Wildman–Crippen MR) is 98.9 cm³/mol. The summed E-state index contributed by atoms with van der Waals surface area (Å²) in [5, 5.41) is 3.71. The van der Waals surface area contributed by atoms with E-state index in [1.165, 1.54) is 0 Å². The molecule has 0 radical (unpaired) electrons. The predicted octanol–water partition coefficient (Wildman–Crippen LogP) is 3.40. The van der Waals surface area contributed by atoms with Gasteiger partial charge in [-0.1, -0.05) is 23.7 Å². The van der Waals surface area contributed by atoms with Crippen molar-refractivity contribution in [2.75, 3.05) is 11.9 Å². The number of rotatable bonds is 1. The van der Waals surface area contributed by atoms with Gasteiger partial charge in [-0.3, -0.25) is 9.88 Å². The van der Waals surface area contributed by atoms with Crippen molar-refractivity contribution in [2.24, 2.45) is 10.7 Å². The minimum absolute atomic E-state index is 0.309. The number of imidazole rings is 1. The van der Waals surface area contributed by atoms with Crippen LogP contribution in [0.1, 0.15) is 11.7 Å². The molecule has 0 aliphatic carbocycles. The Morgan fingerprint density at radius 1 is 1.24 bits per heavy atom. The van der Waals surface area contributed by atoms with Gasteiger partial charge in [0.2, 0.25) is 5.95 Å². The zero-order valence-corrected chi connectivity index (χ0v) is 13.9. The average molecular weight is 352 g/mol. The molecule has 124 valence electrons. The van der Waals surface area contributed by atoms with Crippen molar-refractivity contribution in [3.05, 3.63) is 58.6 Å². The van der Waals surface area contributed by atoms with Crippen LogP contribution in [0.3, 0.4) is 0 Å². The molecule has 6 nitrogen and oxygen atoms in total. The molecule has 3 heterocycles. The Morgan fingerprint density at radius 2 is 2.12 bits per heavy atom. The molecule has 3 N–H and O–H groups in total. The van der Waals surface area contributed by atoms with Crippen molar-refractivity contribution in [1.82, 2.24) is 9.55 Å². The topological polar surface area (TPSA) is 77.5 Å². The van der Waals surface area contributed by atoms with Crippen molar-refractivity contribution in [3.63, 3.8) is 0 Å². The summed E-state index contributed by atoms with van der Waals surface area (Å²) in [7, 11) is 0. The number of nitrogens with two attached hydrogens (primary N) is 1. The van der Waals surface area contributed by atoms with Gasteiger partial charge in [0.1, 0.15) is 12.4 Å². The molecule has 0 saturated heterocycles. The van der Waals surface area contributed by atoms with Crippen LogP contribution < -0.4 is 15.8 Å². The number of nitrogens with zero attached hydrogens (tertiary/aromatic N) is 3. The van der Waals surface area contributed by atoms with Crippen LogP contribution in [-0.4, -0.2) is 22.1 Å². The summed E-state index contributed by atoms with van der Waals surface area (Å²) in [5.41, 5.74) is 9.79. The molecule has 2 aromatic carbocycles. The first-order valence-corrected chi connectivity index (χ1v) is 8.27. The Hall–Kier alpha value is -2.99. The normalized spacial score (nSPS) is 18.5. The van der Waals surface area contributed by atoms with Crippen molar-refractivity contribution in [1.29, 1.82) is 0 Å². The number of guanidine groups is 1. The third kappa shape index (κ3) is 2.26. The molecular formula is C18H14ClN5O. The first kappa shape index (κ1) is 14.4. The first-order valence-electron chi connectivity index (χ1n) is 7.89. The lowest BCUT2D eigenvalue weighted by Crippen LogP contribution is -2.32. The Labute approximate surface area is 148 Å². The van der Waals surface area contributed by atoms with Crippen LogP contribution in [0.2, 0.25) is 5.02 Å². The van der Waals surface area contributed by atoms with E-state index in [1.807, 2.05) is 47.0 Å². The molecule has 3 aromatic rings. The lowest BCUT2D eigenvalue weighted by atomic mass is 10.1. The monoisotopic (exact) mass is 351 g/mol. The van der Waals surface area contributed by atoms with Gasteiger partial charge in [0.25, 0.3) is 0 Å². The smallest absolute Gasteiger partial charge is 0.212 e. The maximum absolute atomic E-state index is 6.12. The number of hydrogen-bond acceptors (Lipinski definition) is 5. The fraction of sp³-hybridized carbons (Fsp3) is 0.111. The van der Waals surface area contributed by atoms with E-state index in [2.05, 4.69) is 21.4 Å². The number of nitrogens with one attached hydrogen (secondary N) is 1. The average Bonchev–Trinajstić information content (AvgIpc) is 2.98. The van der Waals surface area contributed by atoms with E-state index in [0.29, 0.717) is 23.5 Å². The van der Waals surface area contributed by atoms with E-state index in [4.69, 9.17) is 22.1 Å². The maximum atomic E-state index is 6.12. The second-order valence-corrected chi connectivity index (χ2v) is 6.43. The number of para-hydroxylation sites is 2. The molecule has 0 fully saturated rings. The lowest BCUT2D eigenvalue weighted by Gasteiger charge is -2.28. The van der Waals surface area contributed by atoms with E-state index < -0.39 is 0 Å². The number of anilines is 1. The zero-order chi connectivity index (χ0) is 17.0. The Morgan fingerprint density at radius 3 is 3.04 bits per heavy atom. The molecule has 2 aliphatic rings. The van der Waals surface area contributed by atoms with Crippen LogP contribution in [0.15, 0.2) is 53.0 Å². The van der Waals surface area contributed by atoms with Gasteiger partial charge < -0.3 is 10.5 Å². The number of fused-ring (bicyclic) bond motifs is 4. The standard InChI is InChI=1S/C18H14ClN5O/c19-12-5-6-15-10(8-12)7-11(9-25-15)16-22-17(20)23-18-21-13-3-1-2-4-14(13)24(16)18/h1-8,16H,9H2,(H3,20,21,22,23)/t16-/m0/s1. The Kier molecular flexibility index (Phi) is 3.02. The van der Waals surface area contributed by atoms with Gasteiger partial charge >= 0.3 is 0 Å². The quantitative estimate of drug-likeness (QED) is 0.704. The van der Waals surface area contributed by atoms with E-state index in [1.54, 1.807) is 0 Å². The second kappa shape index (κ2) is 5.26. The van der Waals surface area contributed by atoms with Crippen molar-refractivity contribution in [3.8, 4) is 5.75 Å². The van der Waals surface area contributed by atoms with Gasteiger partial charge in [0, 0.05) is 16.2 Å². The van der Waals surface area contributed by atoms with Crippen LogP contribution in [-0.2, 0) is 0 Å². The highest BCUT2D eigenvalue weighted by Gasteiger charge is 2.28. The minimum atomic E-state index is -0.309. The lowest BCUT2D eigenvalue weighted by molar-refractivity contribution is 0.330. The van der Waals surface area contributed by atoms with Gasteiger partial charge in [0.05, 0.1) is 11.0 Å². The molecule has 1 atom stereocenters. The Bertz CT molecular complexity index is 1070. The molecule has 25 heavy (non-hydrogen) atoms. The molecule has 0 spiro atoms. The van der Waals surface area contributed by atoms with Gasteiger partial charge in [-0.2, -0.15) is 0 Å². The summed E-state index contributed by atoms with van der Waals surface area (Å²) in [6.45, 7) is 0.433. The summed E-state index contributed by atoms with van der Waals surface area (Å²) in [6, 6.07) is 13.5. The minimum Gasteiger partial charge on any atom is -0.488 e. The fourth-order valence-corrected chi connectivity index (χ4v) is 3.46. The van der Waals surface area contributed by atoms with Gasteiger partial charge in [0.15, 0.2) is 12.1 Å². The molecule has 0 unspecified atom stereocenters. The zero-order valence-electron chi connectivity index (χ0n) is 13.1. The molecule has 7 heteroatoms. The third-order valence-electron chi connectivity index (χ3n) is 4.38. The summed E-state index contributed by atoms with van der Waals surface area (Å²) in [4.78, 5) is 9.20. The molecule has 2 aliphatic heterocycles. The summed E-state index contributed by atoms with van der Waals surface area (Å²) in [6.07, 6.45) is 1.76. The molecular weight excluding hydrogens is 338 g/mol. The van der Waals surface area contributed by atoms with E-state index in [9.17, 15) is 0 Å². The number of hydrogen-bond donors (Lipinski definition) is 2. The third-order valence-corrected chi connectivity index (χ3v) is 4.62. The Balaban J connectivity index is 1.68. The number of benzene rings is 2. The van der Waals surface area contributed by atoms with E-state index in [0.717, 1.165) is 27.9 Å². The van der Waals surface area contributed by atoms with Gasteiger partial charge in [-0.15, -0.1) is 0 Å². The summed E-state index contributed by atoms with van der Waals surface area (Å²) < 4.78 is 7.93. The summed E-state index contributed by atoms with van der Waals surface area (Å²) >= 11 is 6.12.